The first-order valence-corrected chi connectivity index (χ1v) is 10.4. The maximum absolute atomic E-state index is 12.3. The van der Waals surface area contributed by atoms with E-state index in [1.807, 2.05) is 6.92 Å². The molecule has 3 rings (SSSR count). The lowest BCUT2D eigenvalue weighted by atomic mass is 9.76. The smallest absolute Gasteiger partial charge is 0.187 e. The molecule has 0 bridgehead atoms. The molecule has 0 radical (unpaired) electrons. The second kappa shape index (κ2) is 8.22. The maximum Gasteiger partial charge on any atom is 0.187 e. The minimum atomic E-state index is -1.81. The van der Waals surface area contributed by atoms with Crippen molar-refractivity contribution >= 4 is 5.78 Å². The van der Waals surface area contributed by atoms with Crippen LogP contribution < -0.4 is 0 Å². The Kier molecular flexibility index (Phi) is 6.50. The highest BCUT2D eigenvalue weighted by Crippen LogP contribution is 2.49. The normalized spacial score (nSPS) is 45.5. The Morgan fingerprint density at radius 2 is 1.83 bits per heavy atom. The molecule has 6 N–H and O–H groups in total. The molecule has 2 fully saturated rings. The van der Waals surface area contributed by atoms with Crippen molar-refractivity contribution in [3.8, 4) is 0 Å². The predicted octanol–water partition coefficient (Wildman–Crippen LogP) is -0.991. The molecule has 9 nitrogen and oxygen atoms in total. The van der Waals surface area contributed by atoms with Crippen molar-refractivity contribution in [2.75, 3.05) is 6.61 Å². The zero-order valence-electron chi connectivity index (χ0n) is 17.9. The molecular weight excluding hydrogens is 396 g/mol. The van der Waals surface area contributed by atoms with Crippen molar-refractivity contribution < 1.29 is 44.9 Å². The zero-order valence-corrected chi connectivity index (χ0v) is 17.9. The standard InChI is InChI=1S/C21H34O9/c1-9-5-15(30-19-18(26)17(25)16(24)14(8-22)29-19)21(28,20(3,4)27)7-12-10(2)13(23)6-11(9)12/h9,11,14-19,22,24-28H,5-8H2,1-4H3. The zero-order chi connectivity index (χ0) is 22.6. The van der Waals surface area contributed by atoms with Crippen LogP contribution in [-0.2, 0) is 14.3 Å². The third kappa shape index (κ3) is 3.86. The Balaban J connectivity index is 1.95. The summed E-state index contributed by atoms with van der Waals surface area (Å²) in [7, 11) is 0. The van der Waals surface area contributed by atoms with Crippen LogP contribution in [0.15, 0.2) is 11.1 Å². The number of Topliss-reactive ketones (excluding diaryl/α,β-unsaturated/α-hetero) is 1. The first kappa shape index (κ1) is 23.7. The molecule has 9 heteroatoms. The fourth-order valence-electron chi connectivity index (χ4n) is 4.96. The van der Waals surface area contributed by atoms with Crippen LogP contribution in [0.5, 0.6) is 0 Å². The number of carbonyl (C=O) groups is 1. The molecule has 9 atom stereocenters. The molecule has 0 aromatic heterocycles. The van der Waals surface area contributed by atoms with Crippen molar-refractivity contribution in [2.24, 2.45) is 11.8 Å². The highest BCUT2D eigenvalue weighted by Gasteiger charge is 2.56. The number of allylic oxidation sites excluding steroid dienone is 1. The summed E-state index contributed by atoms with van der Waals surface area (Å²) in [5.74, 6) is -0.101. The SMILES string of the molecule is CC1=C2CC(O)(C(C)(C)O)C(OC3OC(CO)C(O)C(O)C3O)CC(C)C2CC1=O. The van der Waals surface area contributed by atoms with Crippen LogP contribution in [0, 0.1) is 11.8 Å². The Hall–Kier alpha value is -0.910. The maximum atomic E-state index is 12.3. The van der Waals surface area contributed by atoms with Crippen LogP contribution >= 0.6 is 0 Å². The van der Waals surface area contributed by atoms with Gasteiger partial charge in [0.25, 0.3) is 0 Å². The van der Waals surface area contributed by atoms with Crippen molar-refractivity contribution in [1.29, 1.82) is 0 Å². The monoisotopic (exact) mass is 430 g/mol. The fourth-order valence-corrected chi connectivity index (χ4v) is 4.96. The molecule has 0 amide bonds. The van der Waals surface area contributed by atoms with E-state index >= 15 is 0 Å². The number of aliphatic hydroxyl groups excluding tert-OH is 4. The summed E-state index contributed by atoms with van der Waals surface area (Å²) >= 11 is 0. The average molecular weight is 430 g/mol. The summed E-state index contributed by atoms with van der Waals surface area (Å²) in [5.41, 5.74) is -2.03. The molecule has 0 aromatic carbocycles. The third-order valence-corrected chi connectivity index (χ3v) is 7.22. The summed E-state index contributed by atoms with van der Waals surface area (Å²) < 4.78 is 11.4. The Morgan fingerprint density at radius 3 is 2.40 bits per heavy atom. The number of hydrogen-bond donors (Lipinski definition) is 6. The van der Waals surface area contributed by atoms with Crippen LogP contribution in [-0.4, -0.2) is 91.0 Å². The van der Waals surface area contributed by atoms with Crippen LogP contribution in [0.4, 0.5) is 0 Å². The number of ether oxygens (including phenoxy) is 2. The van der Waals surface area contributed by atoms with E-state index in [9.17, 15) is 35.4 Å². The van der Waals surface area contributed by atoms with Crippen molar-refractivity contribution in [1.82, 2.24) is 0 Å². The lowest BCUT2D eigenvalue weighted by molar-refractivity contribution is -0.333. The van der Waals surface area contributed by atoms with Gasteiger partial charge >= 0.3 is 0 Å². The van der Waals surface area contributed by atoms with E-state index in [-0.39, 0.29) is 30.5 Å². The molecule has 1 aliphatic heterocycles. The minimum absolute atomic E-state index is 0.0190. The van der Waals surface area contributed by atoms with E-state index in [0.29, 0.717) is 12.0 Å². The van der Waals surface area contributed by atoms with Crippen molar-refractivity contribution in [2.45, 2.75) is 95.0 Å². The number of rotatable bonds is 4. The van der Waals surface area contributed by atoms with Gasteiger partial charge in [-0.3, -0.25) is 4.79 Å². The first-order chi connectivity index (χ1) is 13.8. The van der Waals surface area contributed by atoms with E-state index in [4.69, 9.17) is 9.47 Å². The highest BCUT2D eigenvalue weighted by molar-refractivity contribution is 5.98. The van der Waals surface area contributed by atoms with E-state index in [1.165, 1.54) is 13.8 Å². The Morgan fingerprint density at radius 1 is 1.20 bits per heavy atom. The van der Waals surface area contributed by atoms with Gasteiger partial charge in [-0.15, -0.1) is 0 Å². The van der Waals surface area contributed by atoms with Crippen LogP contribution in [0.3, 0.4) is 0 Å². The van der Waals surface area contributed by atoms with Gasteiger partial charge in [0.1, 0.15) is 30.0 Å². The van der Waals surface area contributed by atoms with E-state index in [2.05, 4.69) is 0 Å². The number of aliphatic hydroxyl groups is 6. The average Bonchev–Trinajstić information content (AvgIpc) is 2.88. The van der Waals surface area contributed by atoms with Gasteiger partial charge in [-0.2, -0.15) is 0 Å². The predicted molar refractivity (Wildman–Crippen MR) is 104 cm³/mol. The first-order valence-electron chi connectivity index (χ1n) is 10.4. The minimum Gasteiger partial charge on any atom is -0.394 e. The number of carbonyl (C=O) groups excluding carboxylic acids is 1. The van der Waals surface area contributed by atoms with Crippen LogP contribution in [0.25, 0.3) is 0 Å². The van der Waals surface area contributed by atoms with Gasteiger partial charge in [-0.25, -0.2) is 0 Å². The van der Waals surface area contributed by atoms with Gasteiger partial charge in [0.2, 0.25) is 0 Å². The van der Waals surface area contributed by atoms with Gasteiger partial charge in [0.15, 0.2) is 12.1 Å². The molecule has 0 spiro atoms. The lowest BCUT2D eigenvalue weighted by Crippen LogP contribution is -2.64. The second-order valence-electron chi connectivity index (χ2n) is 9.58. The summed E-state index contributed by atoms with van der Waals surface area (Å²) in [5, 5.41) is 62.3. The number of fused-ring (bicyclic) bond motifs is 1. The fraction of sp³-hybridized carbons (Fsp3) is 0.857. The van der Waals surface area contributed by atoms with Gasteiger partial charge < -0.3 is 40.1 Å². The number of hydrogen-bond acceptors (Lipinski definition) is 9. The largest absolute Gasteiger partial charge is 0.394 e. The van der Waals surface area contributed by atoms with Crippen molar-refractivity contribution in [3.05, 3.63) is 11.1 Å². The number of ketones is 1. The van der Waals surface area contributed by atoms with Gasteiger partial charge in [-0.05, 0) is 44.6 Å². The Labute approximate surface area is 175 Å². The quantitative estimate of drug-likeness (QED) is 0.329. The van der Waals surface area contributed by atoms with Crippen LogP contribution in [0.1, 0.15) is 47.0 Å². The van der Waals surface area contributed by atoms with Crippen molar-refractivity contribution in [3.63, 3.8) is 0 Å². The van der Waals surface area contributed by atoms with Gasteiger partial charge in [0.05, 0.1) is 18.3 Å². The van der Waals surface area contributed by atoms with E-state index < -0.39 is 54.6 Å². The molecule has 9 unspecified atom stereocenters. The summed E-state index contributed by atoms with van der Waals surface area (Å²) in [6, 6.07) is 0. The van der Waals surface area contributed by atoms with Gasteiger partial charge in [-0.1, -0.05) is 12.5 Å². The molecule has 0 aromatic rings. The molecule has 2 aliphatic carbocycles. The molecule has 172 valence electrons. The summed E-state index contributed by atoms with van der Waals surface area (Å²) in [6.07, 6.45) is -7.70. The van der Waals surface area contributed by atoms with Crippen LogP contribution in [0.2, 0.25) is 0 Å². The molecule has 1 saturated carbocycles. The van der Waals surface area contributed by atoms with E-state index in [1.54, 1.807) is 6.92 Å². The summed E-state index contributed by atoms with van der Waals surface area (Å²) in [4.78, 5) is 12.3. The lowest BCUT2D eigenvalue weighted by Gasteiger charge is -2.47. The Bertz CT molecular complexity index is 697. The summed E-state index contributed by atoms with van der Waals surface area (Å²) in [6.45, 7) is 5.98. The molecule has 3 aliphatic rings. The molecule has 1 heterocycles. The second-order valence-corrected chi connectivity index (χ2v) is 9.58. The molecule has 1 saturated heterocycles. The molecular formula is C21H34O9. The third-order valence-electron chi connectivity index (χ3n) is 7.22. The molecule has 30 heavy (non-hydrogen) atoms. The van der Waals surface area contributed by atoms with E-state index in [0.717, 1.165) is 5.57 Å². The van der Waals surface area contributed by atoms with Gasteiger partial charge in [0, 0.05) is 12.8 Å². The topological polar surface area (TPSA) is 157 Å². The highest BCUT2D eigenvalue weighted by atomic mass is 16.7.